The monoisotopic (exact) mass is 330 g/mol. The lowest BCUT2D eigenvalue weighted by atomic mass is 9.70. The molecule has 0 bridgehead atoms. The van der Waals surface area contributed by atoms with E-state index in [1.165, 1.54) is 19.3 Å². The Morgan fingerprint density at radius 1 is 1.21 bits per heavy atom. The Labute approximate surface area is 142 Å². The maximum atomic E-state index is 12.8. The molecule has 0 spiro atoms. The average molecular weight is 330 g/mol. The molecule has 2 saturated heterocycles. The van der Waals surface area contributed by atoms with E-state index in [1.54, 1.807) is 0 Å². The highest BCUT2D eigenvalue weighted by Gasteiger charge is 2.56. The molecule has 130 valence electrons. The molecule has 1 aromatic rings. The molecule has 5 rings (SSSR count). The van der Waals surface area contributed by atoms with Crippen molar-refractivity contribution in [2.45, 2.75) is 63.1 Å². The highest BCUT2D eigenvalue weighted by molar-refractivity contribution is 5.94. The number of carbonyl (C=O) groups excluding carboxylic acids is 1. The van der Waals surface area contributed by atoms with Crippen molar-refractivity contribution in [2.24, 2.45) is 5.92 Å². The number of carbonyl (C=O) groups is 1. The van der Waals surface area contributed by atoms with Gasteiger partial charge in [-0.3, -0.25) is 14.8 Å². The van der Waals surface area contributed by atoms with Crippen LogP contribution >= 0.6 is 0 Å². The number of hydrogen-bond donors (Lipinski definition) is 2. The molecule has 6 nitrogen and oxygen atoms in total. The summed E-state index contributed by atoms with van der Waals surface area (Å²) in [5.41, 5.74) is 2.92. The molecule has 2 aliphatic carbocycles. The summed E-state index contributed by atoms with van der Waals surface area (Å²) in [5.74, 6) is 0.486. The maximum absolute atomic E-state index is 12.8. The highest BCUT2D eigenvalue weighted by Crippen LogP contribution is 2.42. The second-order valence-electron chi connectivity index (χ2n) is 7.76. The number of H-pyrrole nitrogens is 1. The lowest BCUT2D eigenvalue weighted by Gasteiger charge is -2.53. The third kappa shape index (κ3) is 2.23. The maximum Gasteiger partial charge on any atom is 0.272 e. The van der Waals surface area contributed by atoms with Gasteiger partial charge >= 0.3 is 0 Å². The van der Waals surface area contributed by atoms with Crippen molar-refractivity contribution in [3.05, 3.63) is 17.0 Å². The van der Waals surface area contributed by atoms with Gasteiger partial charge in [-0.05, 0) is 51.6 Å². The van der Waals surface area contributed by atoms with Crippen molar-refractivity contribution in [1.82, 2.24) is 20.4 Å². The zero-order valence-electron chi connectivity index (χ0n) is 14.1. The van der Waals surface area contributed by atoms with Gasteiger partial charge in [0.2, 0.25) is 0 Å². The Morgan fingerprint density at radius 3 is 2.96 bits per heavy atom. The Morgan fingerprint density at radius 2 is 2.08 bits per heavy atom. The van der Waals surface area contributed by atoms with Crippen LogP contribution in [0.1, 0.15) is 53.8 Å². The molecule has 2 N–H and O–H groups in total. The van der Waals surface area contributed by atoms with Gasteiger partial charge in [-0.25, -0.2) is 0 Å². The molecule has 0 radical (unpaired) electrons. The first-order chi connectivity index (χ1) is 11.8. The van der Waals surface area contributed by atoms with Crippen LogP contribution in [0.25, 0.3) is 0 Å². The molecule has 2 aliphatic heterocycles. The lowest BCUT2D eigenvalue weighted by Crippen LogP contribution is -2.71. The third-order valence-electron chi connectivity index (χ3n) is 6.48. The number of aromatic amines is 1. The van der Waals surface area contributed by atoms with Gasteiger partial charge < -0.3 is 10.1 Å². The molecule has 4 aliphatic rings. The lowest BCUT2D eigenvalue weighted by molar-refractivity contribution is -0.0862. The summed E-state index contributed by atoms with van der Waals surface area (Å²) in [6.45, 7) is 3.12. The van der Waals surface area contributed by atoms with Crippen LogP contribution < -0.4 is 5.32 Å². The van der Waals surface area contributed by atoms with Crippen LogP contribution in [0.4, 0.5) is 0 Å². The van der Waals surface area contributed by atoms with Crippen LogP contribution in [0, 0.1) is 5.92 Å². The van der Waals surface area contributed by atoms with Crippen LogP contribution in [0.15, 0.2) is 0 Å². The Hall–Kier alpha value is -1.40. The molecule has 1 aromatic heterocycles. The number of nitrogens with zero attached hydrogens (tertiary/aromatic N) is 2. The molecule has 0 aromatic carbocycles. The van der Waals surface area contributed by atoms with Gasteiger partial charge in [0.25, 0.3) is 5.91 Å². The molecular weight excluding hydrogens is 304 g/mol. The topological polar surface area (TPSA) is 70.2 Å². The largest absolute Gasteiger partial charge is 0.376 e. The van der Waals surface area contributed by atoms with Crippen LogP contribution in [-0.2, 0) is 17.6 Å². The summed E-state index contributed by atoms with van der Waals surface area (Å²) >= 11 is 0. The van der Waals surface area contributed by atoms with Crippen molar-refractivity contribution in [3.63, 3.8) is 0 Å². The fourth-order valence-electron chi connectivity index (χ4n) is 5.25. The van der Waals surface area contributed by atoms with E-state index < -0.39 is 0 Å². The van der Waals surface area contributed by atoms with Gasteiger partial charge in [0.1, 0.15) is 0 Å². The first kappa shape index (κ1) is 14.9. The number of nitrogens with one attached hydrogen (secondary N) is 2. The molecule has 24 heavy (non-hydrogen) atoms. The quantitative estimate of drug-likeness (QED) is 0.876. The summed E-state index contributed by atoms with van der Waals surface area (Å²) in [4.78, 5) is 15.4. The van der Waals surface area contributed by atoms with Crippen LogP contribution in [-0.4, -0.2) is 58.9 Å². The molecule has 4 atom stereocenters. The van der Waals surface area contributed by atoms with Gasteiger partial charge in [-0.15, -0.1) is 0 Å². The van der Waals surface area contributed by atoms with Crippen molar-refractivity contribution < 1.29 is 9.53 Å². The Balaban J connectivity index is 1.33. The third-order valence-corrected chi connectivity index (χ3v) is 6.48. The molecule has 0 unspecified atom stereocenters. The predicted molar refractivity (Wildman–Crippen MR) is 88.9 cm³/mol. The van der Waals surface area contributed by atoms with E-state index >= 15 is 0 Å². The minimum atomic E-state index is 0.00626. The minimum absolute atomic E-state index is 0.00626. The van der Waals surface area contributed by atoms with Gasteiger partial charge in [-0.1, -0.05) is 6.42 Å². The second kappa shape index (κ2) is 5.85. The number of fused-ring (bicyclic) bond motifs is 2. The number of aromatic nitrogens is 2. The molecule has 6 heteroatoms. The van der Waals surface area contributed by atoms with E-state index in [0.717, 1.165) is 56.6 Å². The number of ether oxygens (including phenoxy) is 1. The van der Waals surface area contributed by atoms with E-state index in [9.17, 15) is 4.79 Å². The Bertz CT molecular complexity index is 637. The SMILES string of the molecule is O=C(N[C@H]1[C@H]2CCO[C@H]2[C@@H]1N1CCCCC1)c1n[nH]c2c1CCC2. The molecule has 3 heterocycles. The number of amides is 1. The predicted octanol–water partition coefficient (Wildman–Crippen LogP) is 1.27. The van der Waals surface area contributed by atoms with E-state index in [-0.39, 0.29) is 11.9 Å². The fraction of sp³-hybridized carbons (Fsp3) is 0.778. The number of aryl methyl sites for hydroxylation is 1. The highest BCUT2D eigenvalue weighted by atomic mass is 16.5. The second-order valence-corrected chi connectivity index (χ2v) is 7.76. The molecule has 3 fully saturated rings. The fourth-order valence-corrected chi connectivity index (χ4v) is 5.25. The van der Waals surface area contributed by atoms with E-state index in [0.29, 0.717) is 23.8 Å². The number of hydrogen-bond acceptors (Lipinski definition) is 4. The first-order valence-corrected chi connectivity index (χ1v) is 9.55. The molecule has 1 amide bonds. The van der Waals surface area contributed by atoms with Gasteiger partial charge in [0.05, 0.1) is 18.2 Å². The summed E-state index contributed by atoms with van der Waals surface area (Å²) in [6.07, 6.45) is 8.37. The Kier molecular flexibility index (Phi) is 3.63. The van der Waals surface area contributed by atoms with Crippen molar-refractivity contribution >= 4 is 5.91 Å². The standard InChI is InChI=1S/C18H26N4O2/c23-18(15-11-5-4-6-13(11)20-21-15)19-14-12-7-10-24-17(12)16(14)22-8-2-1-3-9-22/h12,14,16-17H,1-10H2,(H,19,23)(H,20,21)/t12-,14+,16-,17-/m1/s1. The van der Waals surface area contributed by atoms with Crippen LogP contribution in [0.3, 0.4) is 0 Å². The summed E-state index contributed by atoms with van der Waals surface area (Å²) in [7, 11) is 0. The van der Waals surface area contributed by atoms with Gasteiger partial charge in [0.15, 0.2) is 5.69 Å². The van der Waals surface area contributed by atoms with Crippen LogP contribution in [0.2, 0.25) is 0 Å². The average Bonchev–Trinajstić information content (AvgIpc) is 3.29. The summed E-state index contributed by atoms with van der Waals surface area (Å²) < 4.78 is 5.98. The summed E-state index contributed by atoms with van der Waals surface area (Å²) in [5, 5.41) is 10.7. The van der Waals surface area contributed by atoms with Crippen LogP contribution in [0.5, 0.6) is 0 Å². The van der Waals surface area contributed by atoms with E-state index in [1.807, 2.05) is 0 Å². The number of piperidine rings is 1. The molecule has 1 saturated carbocycles. The zero-order valence-corrected chi connectivity index (χ0v) is 14.1. The smallest absolute Gasteiger partial charge is 0.272 e. The van der Waals surface area contributed by atoms with E-state index in [2.05, 4.69) is 20.4 Å². The number of likely N-dealkylation sites (tertiary alicyclic amines) is 1. The normalized spacial score (nSPS) is 35.3. The van der Waals surface area contributed by atoms with Crippen molar-refractivity contribution in [2.75, 3.05) is 19.7 Å². The van der Waals surface area contributed by atoms with Crippen molar-refractivity contribution in [3.8, 4) is 0 Å². The first-order valence-electron chi connectivity index (χ1n) is 9.55. The van der Waals surface area contributed by atoms with Gasteiger partial charge in [0, 0.05) is 23.8 Å². The van der Waals surface area contributed by atoms with E-state index in [4.69, 9.17) is 4.74 Å². The zero-order chi connectivity index (χ0) is 16.1. The number of rotatable bonds is 3. The van der Waals surface area contributed by atoms with Gasteiger partial charge in [-0.2, -0.15) is 5.10 Å². The minimum Gasteiger partial charge on any atom is -0.376 e. The molecular formula is C18H26N4O2. The summed E-state index contributed by atoms with van der Waals surface area (Å²) in [6, 6.07) is 0.575. The van der Waals surface area contributed by atoms with Crippen molar-refractivity contribution in [1.29, 1.82) is 0 Å².